The van der Waals surface area contributed by atoms with Crippen LogP contribution < -0.4 is 14.2 Å². The van der Waals surface area contributed by atoms with Gasteiger partial charge in [-0.15, -0.1) is 0 Å². The lowest BCUT2D eigenvalue weighted by molar-refractivity contribution is 0.0471. The molecule has 0 aliphatic carbocycles. The van der Waals surface area contributed by atoms with Crippen molar-refractivity contribution in [3.8, 4) is 34.4 Å². The molecule has 3 heterocycles. The number of halogens is 2. The summed E-state index contributed by atoms with van der Waals surface area (Å²) in [6.45, 7) is 7.14. The third-order valence-corrected chi connectivity index (χ3v) is 6.70. The number of fused-ring (bicyclic) bond motifs is 1. The van der Waals surface area contributed by atoms with Crippen molar-refractivity contribution in [2.75, 3.05) is 26.7 Å². The van der Waals surface area contributed by atoms with Gasteiger partial charge in [-0.3, -0.25) is 4.90 Å². The van der Waals surface area contributed by atoms with Crippen LogP contribution in [0.3, 0.4) is 0 Å². The average Bonchev–Trinajstić information content (AvgIpc) is 3.41. The molecule has 5 rings (SSSR count). The minimum absolute atomic E-state index is 0.0964. The van der Waals surface area contributed by atoms with Crippen molar-refractivity contribution in [2.45, 2.75) is 51.6 Å². The van der Waals surface area contributed by atoms with E-state index in [0.29, 0.717) is 60.0 Å². The van der Waals surface area contributed by atoms with Crippen molar-refractivity contribution < 1.29 is 27.5 Å². The van der Waals surface area contributed by atoms with Gasteiger partial charge in [-0.1, -0.05) is 38.1 Å². The molecular weight excluding hydrogens is 506 g/mol. The van der Waals surface area contributed by atoms with Crippen molar-refractivity contribution in [1.82, 2.24) is 20.0 Å². The molecule has 206 valence electrons. The van der Waals surface area contributed by atoms with Gasteiger partial charge in [0.05, 0.1) is 24.6 Å². The van der Waals surface area contributed by atoms with Crippen LogP contribution in [0.1, 0.15) is 39.4 Å². The first kappa shape index (κ1) is 26.8. The van der Waals surface area contributed by atoms with E-state index in [-0.39, 0.29) is 18.1 Å². The van der Waals surface area contributed by atoms with Crippen molar-refractivity contribution in [3.05, 3.63) is 54.6 Å². The van der Waals surface area contributed by atoms with E-state index in [4.69, 9.17) is 18.7 Å². The number of benzene rings is 2. The number of rotatable bonds is 8. The van der Waals surface area contributed by atoms with Gasteiger partial charge in [-0.2, -0.15) is 0 Å². The van der Waals surface area contributed by atoms with Crippen molar-refractivity contribution in [1.29, 1.82) is 0 Å². The second-order valence-electron chi connectivity index (χ2n) is 10.7. The highest BCUT2D eigenvalue weighted by Crippen LogP contribution is 2.38. The van der Waals surface area contributed by atoms with E-state index in [0.717, 1.165) is 17.0 Å². The molecule has 0 spiro atoms. The number of piperidine rings is 1. The highest BCUT2D eigenvalue weighted by molar-refractivity contribution is 5.87. The van der Waals surface area contributed by atoms with Crippen LogP contribution >= 0.6 is 0 Å². The van der Waals surface area contributed by atoms with Crippen LogP contribution in [0.4, 0.5) is 8.78 Å². The van der Waals surface area contributed by atoms with Crippen LogP contribution in [0.15, 0.2) is 53.3 Å². The Bertz CT molecular complexity index is 1430. The number of hydrogen-bond donors (Lipinski definition) is 0. The highest BCUT2D eigenvalue weighted by atomic mass is 19.3. The molecule has 0 N–H and O–H groups in total. The lowest BCUT2D eigenvalue weighted by Crippen LogP contribution is -2.40. The SMILES string of the molecule is COc1cc2c(Oc3cccc(-c4cc(C(C)(C)C)on4)c3)ncnc2cc1OC1CCN(CC(F)F)CC1. The van der Waals surface area contributed by atoms with E-state index in [2.05, 4.69) is 35.9 Å². The first-order chi connectivity index (χ1) is 18.7. The van der Waals surface area contributed by atoms with Crippen LogP contribution in [0.25, 0.3) is 22.2 Å². The Hall–Kier alpha value is -3.79. The molecule has 2 aromatic carbocycles. The second kappa shape index (κ2) is 11.1. The normalized spacial score (nSPS) is 15.2. The fraction of sp³-hybridized carbons (Fsp3) is 0.414. The molecule has 4 aromatic rings. The summed E-state index contributed by atoms with van der Waals surface area (Å²) < 4.78 is 49.0. The van der Waals surface area contributed by atoms with Gasteiger partial charge in [0, 0.05) is 36.2 Å². The number of ether oxygens (including phenoxy) is 3. The predicted molar refractivity (Wildman–Crippen MR) is 143 cm³/mol. The number of alkyl halides is 2. The topological polar surface area (TPSA) is 82.7 Å². The Morgan fingerprint density at radius 1 is 1.05 bits per heavy atom. The van der Waals surface area contributed by atoms with Gasteiger partial charge in [0.25, 0.3) is 6.43 Å². The van der Waals surface area contributed by atoms with Gasteiger partial charge >= 0.3 is 0 Å². The van der Waals surface area contributed by atoms with Crippen molar-refractivity contribution in [3.63, 3.8) is 0 Å². The highest BCUT2D eigenvalue weighted by Gasteiger charge is 2.24. The molecule has 8 nitrogen and oxygen atoms in total. The van der Waals surface area contributed by atoms with Crippen LogP contribution in [-0.2, 0) is 5.41 Å². The third-order valence-electron chi connectivity index (χ3n) is 6.70. The fourth-order valence-electron chi connectivity index (χ4n) is 4.55. The third kappa shape index (κ3) is 6.27. The largest absolute Gasteiger partial charge is 0.493 e. The minimum Gasteiger partial charge on any atom is -0.493 e. The quantitative estimate of drug-likeness (QED) is 0.252. The maximum atomic E-state index is 12.7. The molecule has 0 radical (unpaired) electrons. The number of hydrogen-bond acceptors (Lipinski definition) is 8. The van der Waals surface area contributed by atoms with Gasteiger partial charge in [-0.25, -0.2) is 18.7 Å². The zero-order valence-electron chi connectivity index (χ0n) is 22.5. The van der Waals surface area contributed by atoms with E-state index in [9.17, 15) is 8.78 Å². The maximum Gasteiger partial charge on any atom is 0.251 e. The van der Waals surface area contributed by atoms with Crippen LogP contribution in [-0.4, -0.2) is 59.3 Å². The van der Waals surface area contributed by atoms with E-state index in [1.165, 1.54) is 6.33 Å². The molecule has 1 aliphatic heterocycles. The molecule has 0 bridgehead atoms. The molecule has 0 atom stereocenters. The first-order valence-corrected chi connectivity index (χ1v) is 12.9. The molecule has 0 saturated carbocycles. The van der Waals surface area contributed by atoms with Crippen molar-refractivity contribution in [2.24, 2.45) is 0 Å². The average molecular weight is 539 g/mol. The molecule has 0 unspecified atom stereocenters. The smallest absolute Gasteiger partial charge is 0.251 e. The molecular formula is C29H32F2N4O4. The molecule has 10 heteroatoms. The summed E-state index contributed by atoms with van der Waals surface area (Å²) in [7, 11) is 1.57. The Kier molecular flexibility index (Phi) is 7.65. The van der Waals surface area contributed by atoms with E-state index in [1.807, 2.05) is 30.3 Å². The molecule has 1 aliphatic rings. The zero-order chi connectivity index (χ0) is 27.6. The van der Waals surface area contributed by atoms with Crippen molar-refractivity contribution >= 4 is 10.9 Å². The van der Waals surface area contributed by atoms with E-state index in [1.54, 1.807) is 24.1 Å². The predicted octanol–water partition coefficient (Wildman–Crippen LogP) is 6.49. The summed E-state index contributed by atoms with van der Waals surface area (Å²) in [5.74, 6) is 2.82. The fourth-order valence-corrected chi connectivity index (χ4v) is 4.55. The number of methoxy groups -OCH3 is 1. The second-order valence-corrected chi connectivity index (χ2v) is 10.7. The Morgan fingerprint density at radius 3 is 2.54 bits per heavy atom. The summed E-state index contributed by atoms with van der Waals surface area (Å²) in [4.78, 5) is 10.5. The van der Waals surface area contributed by atoms with Crippen LogP contribution in [0, 0.1) is 0 Å². The minimum atomic E-state index is -2.33. The van der Waals surface area contributed by atoms with E-state index >= 15 is 0 Å². The summed E-state index contributed by atoms with van der Waals surface area (Å²) in [6.07, 6.45) is 0.329. The Labute approximate surface area is 225 Å². The Balaban J connectivity index is 1.35. The number of aromatic nitrogens is 3. The van der Waals surface area contributed by atoms with E-state index < -0.39 is 6.43 Å². The summed E-state index contributed by atoms with van der Waals surface area (Å²) in [6, 6.07) is 13.1. The molecule has 2 aromatic heterocycles. The zero-order valence-corrected chi connectivity index (χ0v) is 22.5. The van der Waals surface area contributed by atoms with Crippen LogP contribution in [0.5, 0.6) is 23.1 Å². The molecule has 1 saturated heterocycles. The molecule has 0 amide bonds. The standard InChI is InChI=1S/C29H32F2N4O4/c1-29(2,3)26-15-22(34-39-26)18-6-5-7-20(12-18)38-28-21-13-24(36-4)25(14-23(21)32-17-33-28)37-19-8-10-35(11-9-19)16-27(30)31/h5-7,12-15,17,19,27H,8-11,16H2,1-4H3. The van der Waals surface area contributed by atoms with Gasteiger partial charge in [0.1, 0.15) is 29.6 Å². The van der Waals surface area contributed by atoms with Gasteiger partial charge in [0.2, 0.25) is 5.88 Å². The number of likely N-dealkylation sites (tertiary alicyclic amines) is 1. The first-order valence-electron chi connectivity index (χ1n) is 12.9. The summed E-state index contributed by atoms with van der Waals surface area (Å²) >= 11 is 0. The lowest BCUT2D eigenvalue weighted by atomic mass is 9.93. The van der Waals surface area contributed by atoms with Gasteiger partial charge < -0.3 is 18.7 Å². The lowest BCUT2D eigenvalue weighted by Gasteiger charge is -2.32. The summed E-state index contributed by atoms with van der Waals surface area (Å²) in [5.41, 5.74) is 2.07. The summed E-state index contributed by atoms with van der Waals surface area (Å²) in [5, 5.41) is 4.89. The number of nitrogens with zero attached hydrogens (tertiary/aromatic N) is 4. The Morgan fingerprint density at radius 2 is 1.85 bits per heavy atom. The molecule has 1 fully saturated rings. The van der Waals surface area contributed by atoms with Gasteiger partial charge in [-0.05, 0) is 31.0 Å². The monoisotopic (exact) mass is 538 g/mol. The maximum absolute atomic E-state index is 12.7. The van der Waals surface area contributed by atoms with Crippen LogP contribution in [0.2, 0.25) is 0 Å². The van der Waals surface area contributed by atoms with Gasteiger partial charge in [0.15, 0.2) is 11.5 Å². The molecule has 39 heavy (non-hydrogen) atoms.